The second kappa shape index (κ2) is 4.69. The Kier molecular flexibility index (Phi) is 3.22. The molecule has 17 heavy (non-hydrogen) atoms. The summed E-state index contributed by atoms with van der Waals surface area (Å²) in [5.74, 6) is 1.71. The van der Waals surface area contributed by atoms with E-state index in [1.165, 1.54) is 5.56 Å². The van der Waals surface area contributed by atoms with Crippen molar-refractivity contribution in [1.82, 2.24) is 0 Å². The summed E-state index contributed by atoms with van der Waals surface area (Å²) in [6, 6.07) is 2.02. The Bertz CT molecular complexity index is 448. The fourth-order valence-corrected chi connectivity index (χ4v) is 3.53. The summed E-state index contributed by atoms with van der Waals surface area (Å²) in [6.07, 6.45) is 4.14. The number of halogens is 2. The number of rotatable bonds is 0. The van der Waals surface area contributed by atoms with E-state index in [0.717, 1.165) is 47.2 Å². The highest BCUT2D eigenvalue weighted by molar-refractivity contribution is 9.10. The van der Waals surface area contributed by atoms with E-state index in [-0.39, 0.29) is 5.38 Å². The van der Waals surface area contributed by atoms with Crippen LogP contribution >= 0.6 is 27.5 Å². The van der Waals surface area contributed by atoms with E-state index in [9.17, 15) is 0 Å². The summed E-state index contributed by atoms with van der Waals surface area (Å²) >= 11 is 10.1. The van der Waals surface area contributed by atoms with Crippen molar-refractivity contribution in [3.8, 4) is 11.5 Å². The van der Waals surface area contributed by atoms with Gasteiger partial charge in [0.05, 0.1) is 18.6 Å². The van der Waals surface area contributed by atoms with Gasteiger partial charge in [-0.05, 0) is 30.9 Å². The van der Waals surface area contributed by atoms with Crippen LogP contribution in [0.25, 0.3) is 0 Å². The highest BCUT2D eigenvalue weighted by atomic mass is 79.9. The molecular weight excluding hydrogens is 303 g/mol. The van der Waals surface area contributed by atoms with Crippen molar-refractivity contribution in [2.24, 2.45) is 0 Å². The lowest BCUT2D eigenvalue weighted by Gasteiger charge is -2.25. The molecule has 1 aliphatic carbocycles. The minimum atomic E-state index is 0.0479. The number of ether oxygens (including phenoxy) is 2. The summed E-state index contributed by atoms with van der Waals surface area (Å²) in [5, 5.41) is 0.0479. The van der Waals surface area contributed by atoms with Gasteiger partial charge >= 0.3 is 0 Å². The van der Waals surface area contributed by atoms with E-state index in [1.807, 2.05) is 6.07 Å². The minimum absolute atomic E-state index is 0.0479. The topological polar surface area (TPSA) is 18.5 Å². The first-order valence-corrected chi connectivity index (χ1v) is 7.25. The number of benzene rings is 1. The molecule has 1 aromatic carbocycles. The molecule has 92 valence electrons. The average molecular weight is 318 g/mol. The van der Waals surface area contributed by atoms with E-state index in [1.54, 1.807) is 0 Å². The molecule has 0 aromatic heterocycles. The molecule has 0 amide bonds. The predicted octanol–water partition coefficient (Wildman–Crippen LogP) is 4.23. The first kappa shape index (κ1) is 11.7. The zero-order valence-corrected chi connectivity index (χ0v) is 11.8. The lowest BCUT2D eigenvalue weighted by Crippen LogP contribution is -2.09. The maximum Gasteiger partial charge on any atom is 0.166 e. The summed E-state index contributed by atoms with van der Waals surface area (Å²) in [5.41, 5.74) is 2.43. The van der Waals surface area contributed by atoms with Crippen LogP contribution < -0.4 is 9.47 Å². The van der Waals surface area contributed by atoms with Gasteiger partial charge in [-0.2, -0.15) is 0 Å². The Hall–Kier alpha value is -0.410. The van der Waals surface area contributed by atoms with Gasteiger partial charge in [0.2, 0.25) is 0 Å². The number of alkyl halides is 1. The average Bonchev–Trinajstić information content (AvgIpc) is 2.55. The summed E-state index contributed by atoms with van der Waals surface area (Å²) in [6.45, 7) is 1.43. The standard InChI is InChI=1S/C13H14BrClO2/c14-9-7-11-13(17-6-2-5-16-11)12-8(9)3-1-4-10(12)15/h7,10H,1-6H2. The van der Waals surface area contributed by atoms with Crippen molar-refractivity contribution in [2.45, 2.75) is 31.1 Å². The van der Waals surface area contributed by atoms with Gasteiger partial charge in [0, 0.05) is 16.5 Å². The van der Waals surface area contributed by atoms with Crippen molar-refractivity contribution in [2.75, 3.05) is 13.2 Å². The Morgan fingerprint density at radius 1 is 1.24 bits per heavy atom. The summed E-state index contributed by atoms with van der Waals surface area (Å²) in [4.78, 5) is 0. The molecule has 0 saturated carbocycles. The quantitative estimate of drug-likeness (QED) is 0.667. The molecule has 0 spiro atoms. The monoisotopic (exact) mass is 316 g/mol. The molecule has 0 N–H and O–H groups in total. The summed E-state index contributed by atoms with van der Waals surface area (Å²) in [7, 11) is 0. The molecule has 3 rings (SSSR count). The SMILES string of the molecule is ClC1CCCc2c(Br)cc3c(c21)OCCCO3. The van der Waals surface area contributed by atoms with Crippen molar-refractivity contribution < 1.29 is 9.47 Å². The van der Waals surface area contributed by atoms with E-state index in [0.29, 0.717) is 13.2 Å². The molecule has 0 radical (unpaired) electrons. The van der Waals surface area contributed by atoms with E-state index in [2.05, 4.69) is 15.9 Å². The Morgan fingerprint density at radius 2 is 2.06 bits per heavy atom. The highest BCUT2D eigenvalue weighted by Crippen LogP contribution is 2.48. The third-order valence-electron chi connectivity index (χ3n) is 3.33. The maximum atomic E-state index is 6.45. The number of hydrogen-bond donors (Lipinski definition) is 0. The van der Waals surface area contributed by atoms with Gasteiger partial charge in [-0.3, -0.25) is 0 Å². The number of hydrogen-bond acceptors (Lipinski definition) is 2. The van der Waals surface area contributed by atoms with Gasteiger partial charge in [-0.25, -0.2) is 0 Å². The number of fused-ring (bicyclic) bond motifs is 3. The van der Waals surface area contributed by atoms with Crippen LogP contribution in [0.5, 0.6) is 11.5 Å². The van der Waals surface area contributed by atoms with Crippen molar-refractivity contribution in [3.63, 3.8) is 0 Å². The second-order valence-corrected chi connectivity index (χ2v) is 5.87. The van der Waals surface area contributed by atoms with Crippen LogP contribution in [-0.2, 0) is 6.42 Å². The van der Waals surface area contributed by atoms with Crippen LogP contribution in [0.4, 0.5) is 0 Å². The Balaban J connectivity index is 2.18. The van der Waals surface area contributed by atoms with Gasteiger partial charge < -0.3 is 9.47 Å². The molecule has 0 fully saturated rings. The molecule has 0 saturated heterocycles. The fraction of sp³-hybridized carbons (Fsp3) is 0.538. The second-order valence-electron chi connectivity index (χ2n) is 4.49. The Labute approximate surface area is 114 Å². The fourth-order valence-electron chi connectivity index (χ4n) is 2.53. The highest BCUT2D eigenvalue weighted by Gasteiger charge is 2.28. The predicted molar refractivity (Wildman–Crippen MR) is 71.3 cm³/mol. The molecule has 1 atom stereocenters. The van der Waals surface area contributed by atoms with Gasteiger partial charge in [0.25, 0.3) is 0 Å². The van der Waals surface area contributed by atoms with E-state index in [4.69, 9.17) is 21.1 Å². The maximum absolute atomic E-state index is 6.45. The first-order valence-electron chi connectivity index (χ1n) is 6.02. The lowest BCUT2D eigenvalue weighted by atomic mass is 9.90. The molecule has 0 bridgehead atoms. The van der Waals surface area contributed by atoms with Crippen molar-refractivity contribution >= 4 is 27.5 Å². The van der Waals surface area contributed by atoms with Gasteiger partial charge in [-0.15, -0.1) is 11.6 Å². The Morgan fingerprint density at radius 3 is 2.94 bits per heavy atom. The van der Waals surface area contributed by atoms with Gasteiger partial charge in [0.15, 0.2) is 11.5 Å². The van der Waals surface area contributed by atoms with Crippen LogP contribution in [0.15, 0.2) is 10.5 Å². The van der Waals surface area contributed by atoms with Crippen LogP contribution in [0.3, 0.4) is 0 Å². The zero-order valence-electron chi connectivity index (χ0n) is 9.47. The molecule has 2 aliphatic rings. The third-order valence-corrected chi connectivity index (χ3v) is 4.47. The van der Waals surface area contributed by atoms with E-state index >= 15 is 0 Å². The molecule has 1 heterocycles. The molecule has 2 nitrogen and oxygen atoms in total. The normalized spacial score (nSPS) is 22.8. The van der Waals surface area contributed by atoms with Crippen molar-refractivity contribution in [3.05, 3.63) is 21.7 Å². The lowest BCUT2D eigenvalue weighted by molar-refractivity contribution is 0.295. The molecule has 4 heteroatoms. The largest absolute Gasteiger partial charge is 0.490 e. The van der Waals surface area contributed by atoms with Crippen LogP contribution in [0.2, 0.25) is 0 Å². The zero-order chi connectivity index (χ0) is 11.8. The first-order chi connectivity index (χ1) is 8.27. The smallest absolute Gasteiger partial charge is 0.166 e. The van der Waals surface area contributed by atoms with Gasteiger partial charge in [0.1, 0.15) is 0 Å². The van der Waals surface area contributed by atoms with Crippen LogP contribution in [0, 0.1) is 0 Å². The minimum Gasteiger partial charge on any atom is -0.490 e. The van der Waals surface area contributed by atoms with E-state index < -0.39 is 0 Å². The third kappa shape index (κ3) is 2.04. The van der Waals surface area contributed by atoms with Gasteiger partial charge in [-0.1, -0.05) is 15.9 Å². The molecule has 1 aromatic rings. The van der Waals surface area contributed by atoms with Crippen LogP contribution in [-0.4, -0.2) is 13.2 Å². The van der Waals surface area contributed by atoms with Crippen LogP contribution in [0.1, 0.15) is 35.8 Å². The summed E-state index contributed by atoms with van der Waals surface area (Å²) < 4.78 is 12.7. The molecular formula is C13H14BrClO2. The molecule has 1 unspecified atom stereocenters. The molecule has 1 aliphatic heterocycles. The van der Waals surface area contributed by atoms with Crippen molar-refractivity contribution in [1.29, 1.82) is 0 Å².